The minimum absolute atomic E-state index is 0.0293. The van der Waals surface area contributed by atoms with Gasteiger partial charge in [-0.25, -0.2) is 9.78 Å². The minimum Gasteiger partial charge on any atom is -0.476 e. The standard InChI is InChI=1S/C8H4ClF3INO3/c9-1-3-2-14-5(7(15)16)4(13)6(3)17-8(10,11)12/h2H,1H2,(H,15,16). The summed E-state index contributed by atoms with van der Waals surface area (Å²) in [6, 6.07) is 0. The zero-order valence-electron chi connectivity index (χ0n) is 7.89. The second-order valence-corrected chi connectivity index (χ2v) is 4.11. The van der Waals surface area contributed by atoms with Crippen molar-refractivity contribution in [1.29, 1.82) is 0 Å². The number of pyridine rings is 1. The smallest absolute Gasteiger partial charge is 0.476 e. The van der Waals surface area contributed by atoms with E-state index in [2.05, 4.69) is 9.72 Å². The van der Waals surface area contributed by atoms with Crippen LogP contribution in [0.15, 0.2) is 6.20 Å². The third-order valence-electron chi connectivity index (χ3n) is 1.61. The highest BCUT2D eigenvalue weighted by molar-refractivity contribution is 14.1. The fourth-order valence-corrected chi connectivity index (χ4v) is 1.99. The van der Waals surface area contributed by atoms with Crippen LogP contribution in [0.1, 0.15) is 16.1 Å². The van der Waals surface area contributed by atoms with Gasteiger partial charge in [-0.05, 0) is 22.6 Å². The van der Waals surface area contributed by atoms with E-state index in [1.165, 1.54) is 22.6 Å². The normalized spacial score (nSPS) is 11.4. The predicted molar refractivity (Wildman–Crippen MR) is 60.2 cm³/mol. The van der Waals surface area contributed by atoms with Crippen LogP contribution in [0.2, 0.25) is 0 Å². The molecule has 94 valence electrons. The van der Waals surface area contributed by atoms with Gasteiger partial charge in [0.05, 0.1) is 9.45 Å². The molecule has 0 aliphatic carbocycles. The van der Waals surface area contributed by atoms with Crippen LogP contribution < -0.4 is 4.74 Å². The summed E-state index contributed by atoms with van der Waals surface area (Å²) in [5, 5.41) is 8.71. The van der Waals surface area contributed by atoms with Gasteiger partial charge in [-0.3, -0.25) is 0 Å². The quantitative estimate of drug-likeness (QED) is 0.646. The number of carboxylic acid groups (broad SMARTS) is 1. The lowest BCUT2D eigenvalue weighted by atomic mass is 10.2. The number of alkyl halides is 4. The summed E-state index contributed by atoms with van der Waals surface area (Å²) in [5.41, 5.74) is -0.544. The van der Waals surface area contributed by atoms with Crippen molar-refractivity contribution in [3.8, 4) is 5.75 Å². The third-order valence-corrected chi connectivity index (χ3v) is 2.90. The van der Waals surface area contributed by atoms with Crippen LogP contribution in [0, 0.1) is 3.57 Å². The summed E-state index contributed by atoms with van der Waals surface area (Å²) in [6.45, 7) is 0. The van der Waals surface area contributed by atoms with Gasteiger partial charge in [-0.2, -0.15) is 0 Å². The number of hydrogen-bond donors (Lipinski definition) is 1. The van der Waals surface area contributed by atoms with E-state index >= 15 is 0 Å². The number of nitrogens with zero attached hydrogens (tertiary/aromatic N) is 1. The van der Waals surface area contributed by atoms with Crippen molar-refractivity contribution in [1.82, 2.24) is 4.98 Å². The predicted octanol–water partition coefficient (Wildman–Crippen LogP) is 3.02. The fraction of sp³-hybridized carbons (Fsp3) is 0.250. The molecule has 9 heteroatoms. The molecule has 0 saturated heterocycles. The second kappa shape index (κ2) is 5.25. The van der Waals surface area contributed by atoms with Crippen LogP contribution in [-0.4, -0.2) is 22.4 Å². The zero-order chi connectivity index (χ0) is 13.2. The molecule has 0 radical (unpaired) electrons. The summed E-state index contributed by atoms with van der Waals surface area (Å²) in [6.07, 6.45) is -3.97. The molecule has 1 aromatic heterocycles. The fourth-order valence-electron chi connectivity index (χ4n) is 0.977. The average Bonchev–Trinajstić information content (AvgIpc) is 2.18. The molecule has 17 heavy (non-hydrogen) atoms. The Bertz CT molecular complexity index is 452. The van der Waals surface area contributed by atoms with Gasteiger partial charge in [-0.1, -0.05) is 0 Å². The maximum absolute atomic E-state index is 12.1. The molecule has 0 spiro atoms. The molecule has 0 aliphatic rings. The van der Waals surface area contributed by atoms with Gasteiger partial charge in [0.2, 0.25) is 0 Å². The zero-order valence-corrected chi connectivity index (χ0v) is 10.8. The van der Waals surface area contributed by atoms with E-state index in [4.69, 9.17) is 16.7 Å². The maximum Gasteiger partial charge on any atom is 0.573 e. The number of halogens is 5. The Kier molecular flexibility index (Phi) is 4.42. The summed E-state index contributed by atoms with van der Waals surface area (Å²) in [7, 11) is 0. The molecule has 1 N–H and O–H groups in total. The molecule has 4 nitrogen and oxygen atoms in total. The topological polar surface area (TPSA) is 59.4 Å². The number of carbonyl (C=O) groups is 1. The van der Waals surface area contributed by atoms with Gasteiger partial charge in [-0.15, -0.1) is 24.8 Å². The Hall–Kier alpha value is -0.770. The molecule has 1 rings (SSSR count). The summed E-state index contributed by atoms with van der Waals surface area (Å²) in [5.74, 6) is -2.34. The number of hydrogen-bond acceptors (Lipinski definition) is 3. The molecule has 1 heterocycles. The van der Waals surface area contributed by atoms with E-state index in [-0.39, 0.29) is 15.0 Å². The lowest BCUT2D eigenvalue weighted by molar-refractivity contribution is -0.275. The van der Waals surface area contributed by atoms with Crippen LogP contribution in [0.25, 0.3) is 0 Å². The van der Waals surface area contributed by atoms with E-state index in [1.807, 2.05) is 0 Å². The van der Waals surface area contributed by atoms with Crippen molar-refractivity contribution >= 4 is 40.2 Å². The molecule has 0 unspecified atom stereocenters. The lowest BCUT2D eigenvalue weighted by Gasteiger charge is -2.14. The van der Waals surface area contributed by atoms with Crippen LogP contribution in [0.3, 0.4) is 0 Å². The first kappa shape index (κ1) is 14.3. The Labute approximate surface area is 112 Å². The highest BCUT2D eigenvalue weighted by Crippen LogP contribution is 2.33. The molecule has 0 aromatic carbocycles. The number of aromatic nitrogens is 1. The molecule has 0 atom stereocenters. The SMILES string of the molecule is O=C(O)c1ncc(CCl)c(OC(F)(F)F)c1I. The summed E-state index contributed by atoms with van der Waals surface area (Å²) >= 11 is 6.84. The highest BCUT2D eigenvalue weighted by Gasteiger charge is 2.34. The molecule has 0 fully saturated rings. The van der Waals surface area contributed by atoms with Crippen molar-refractivity contribution in [2.24, 2.45) is 0 Å². The Morgan fingerprint density at radius 1 is 1.59 bits per heavy atom. The van der Waals surface area contributed by atoms with Crippen molar-refractivity contribution in [3.05, 3.63) is 21.0 Å². The van der Waals surface area contributed by atoms with Crippen molar-refractivity contribution in [2.45, 2.75) is 12.2 Å². The van der Waals surface area contributed by atoms with Crippen LogP contribution in [0.4, 0.5) is 13.2 Å². The van der Waals surface area contributed by atoms with E-state index in [1.54, 1.807) is 0 Å². The van der Waals surface area contributed by atoms with E-state index in [0.717, 1.165) is 6.20 Å². The first-order chi connectivity index (χ1) is 7.76. The van der Waals surface area contributed by atoms with Gasteiger partial charge in [0.25, 0.3) is 0 Å². The molecular weight excluding hydrogens is 377 g/mol. The van der Waals surface area contributed by atoms with Crippen LogP contribution >= 0.6 is 34.2 Å². The van der Waals surface area contributed by atoms with Gasteiger partial charge < -0.3 is 9.84 Å². The Morgan fingerprint density at radius 3 is 2.59 bits per heavy atom. The van der Waals surface area contributed by atoms with Crippen LogP contribution in [-0.2, 0) is 5.88 Å². The Morgan fingerprint density at radius 2 is 2.18 bits per heavy atom. The van der Waals surface area contributed by atoms with E-state index < -0.39 is 23.8 Å². The van der Waals surface area contributed by atoms with Crippen molar-refractivity contribution in [3.63, 3.8) is 0 Å². The van der Waals surface area contributed by atoms with Gasteiger partial charge >= 0.3 is 12.3 Å². The van der Waals surface area contributed by atoms with Gasteiger partial charge in [0.15, 0.2) is 11.4 Å². The number of carboxylic acids is 1. The number of ether oxygens (including phenoxy) is 1. The van der Waals surface area contributed by atoms with Gasteiger partial charge in [0, 0.05) is 11.8 Å². The first-order valence-electron chi connectivity index (χ1n) is 3.98. The number of rotatable bonds is 3. The average molecular weight is 381 g/mol. The largest absolute Gasteiger partial charge is 0.573 e. The van der Waals surface area contributed by atoms with Crippen molar-refractivity contribution < 1.29 is 27.8 Å². The molecule has 0 amide bonds. The lowest BCUT2D eigenvalue weighted by Crippen LogP contribution is -2.20. The minimum atomic E-state index is -4.92. The molecule has 1 aromatic rings. The maximum atomic E-state index is 12.1. The molecular formula is C8H4ClF3INO3. The Balaban J connectivity index is 3.32. The molecule has 0 bridgehead atoms. The highest BCUT2D eigenvalue weighted by atomic mass is 127. The summed E-state index contributed by atoms with van der Waals surface area (Å²) < 4.78 is 39.9. The van der Waals surface area contributed by atoms with E-state index in [0.29, 0.717) is 0 Å². The van der Waals surface area contributed by atoms with Gasteiger partial charge in [0.1, 0.15) is 0 Å². The monoisotopic (exact) mass is 381 g/mol. The number of aromatic carboxylic acids is 1. The first-order valence-corrected chi connectivity index (χ1v) is 5.60. The van der Waals surface area contributed by atoms with Crippen LogP contribution in [0.5, 0.6) is 5.75 Å². The summed E-state index contributed by atoms with van der Waals surface area (Å²) in [4.78, 5) is 14.2. The van der Waals surface area contributed by atoms with Crippen molar-refractivity contribution in [2.75, 3.05) is 0 Å². The molecule has 0 saturated carbocycles. The van der Waals surface area contributed by atoms with E-state index in [9.17, 15) is 18.0 Å². The second-order valence-electron chi connectivity index (χ2n) is 2.76. The molecule has 0 aliphatic heterocycles. The third kappa shape index (κ3) is 3.60.